The summed E-state index contributed by atoms with van der Waals surface area (Å²) in [7, 11) is 0. The fourth-order valence-corrected chi connectivity index (χ4v) is 8.65. The number of hydrogen-bond acceptors (Lipinski definition) is 5. The van der Waals surface area contributed by atoms with E-state index >= 15 is 0 Å². The minimum absolute atomic E-state index is 0.0195. The maximum Gasteiger partial charge on any atom is 0.161 e. The lowest BCUT2D eigenvalue weighted by molar-refractivity contribution is -0.154. The molecule has 5 heteroatoms. The lowest BCUT2D eigenvalue weighted by atomic mass is 9.48. The molecule has 1 aliphatic heterocycles. The molecule has 2 atom stereocenters. The van der Waals surface area contributed by atoms with Gasteiger partial charge in [0, 0.05) is 52.4 Å². The van der Waals surface area contributed by atoms with Gasteiger partial charge in [-0.1, -0.05) is 86.7 Å². The van der Waals surface area contributed by atoms with E-state index in [0.717, 1.165) is 26.9 Å². The van der Waals surface area contributed by atoms with Gasteiger partial charge in [0.25, 0.3) is 0 Å². The third-order valence-corrected chi connectivity index (χ3v) is 10.2. The molecule has 0 amide bonds. The van der Waals surface area contributed by atoms with Crippen molar-refractivity contribution in [3.05, 3.63) is 87.7 Å². The molecule has 35 heavy (non-hydrogen) atoms. The number of carbonyl (C=O) groups excluding carboxylic acids is 3. The van der Waals surface area contributed by atoms with E-state index in [1.54, 1.807) is 23.5 Å². The van der Waals surface area contributed by atoms with Crippen LogP contribution in [0.3, 0.4) is 0 Å². The molecule has 1 saturated heterocycles. The van der Waals surface area contributed by atoms with Gasteiger partial charge in [0.2, 0.25) is 0 Å². The summed E-state index contributed by atoms with van der Waals surface area (Å²) in [6.07, 6.45) is 4.84. The van der Waals surface area contributed by atoms with Gasteiger partial charge in [0.05, 0.1) is 0 Å². The molecule has 5 rings (SSSR count). The predicted octanol–water partition coefficient (Wildman–Crippen LogP) is 6.71. The van der Waals surface area contributed by atoms with Gasteiger partial charge in [0.1, 0.15) is 17.0 Å². The zero-order valence-electron chi connectivity index (χ0n) is 20.2. The topological polar surface area (TPSA) is 51.2 Å². The number of benzene rings is 2. The van der Waals surface area contributed by atoms with Gasteiger partial charge in [-0.2, -0.15) is 0 Å². The Labute approximate surface area is 215 Å². The van der Waals surface area contributed by atoms with Crippen LogP contribution in [0, 0.1) is 16.7 Å². The van der Waals surface area contributed by atoms with Crippen molar-refractivity contribution in [2.24, 2.45) is 16.7 Å². The molecule has 0 aromatic heterocycles. The first kappa shape index (κ1) is 24.3. The molecule has 0 N–H and O–H groups in total. The first-order valence-electron chi connectivity index (χ1n) is 12.2. The van der Waals surface area contributed by atoms with Crippen molar-refractivity contribution in [1.29, 1.82) is 0 Å². The highest BCUT2D eigenvalue weighted by molar-refractivity contribution is 8.25. The molecule has 180 valence electrons. The Bertz CT molecular complexity index is 1180. The molecule has 3 nitrogen and oxygen atoms in total. The van der Waals surface area contributed by atoms with Gasteiger partial charge in [0.15, 0.2) is 5.78 Å². The number of carbonyl (C=O) groups is 3. The van der Waals surface area contributed by atoms with Crippen LogP contribution in [-0.4, -0.2) is 28.9 Å². The van der Waals surface area contributed by atoms with Gasteiger partial charge in [-0.3, -0.25) is 14.4 Å². The minimum atomic E-state index is -1.26. The second kappa shape index (κ2) is 9.59. The number of rotatable bonds is 3. The molecule has 1 spiro atoms. The second-order valence-corrected chi connectivity index (χ2v) is 12.9. The molecule has 2 aromatic carbocycles. The third kappa shape index (κ3) is 4.38. The summed E-state index contributed by atoms with van der Waals surface area (Å²) in [5, 5.41) is 0. The smallest absolute Gasteiger partial charge is 0.161 e. The van der Waals surface area contributed by atoms with E-state index in [9.17, 15) is 14.4 Å². The van der Waals surface area contributed by atoms with E-state index in [1.165, 1.54) is 0 Å². The summed E-state index contributed by atoms with van der Waals surface area (Å²) in [6.45, 7) is 4.00. The van der Waals surface area contributed by atoms with Crippen LogP contribution in [0.4, 0.5) is 0 Å². The average Bonchev–Trinajstić information content (AvgIpc) is 3.36. The first-order chi connectivity index (χ1) is 16.8. The predicted molar refractivity (Wildman–Crippen MR) is 145 cm³/mol. The van der Waals surface area contributed by atoms with Gasteiger partial charge in [-0.15, -0.1) is 23.5 Å². The number of ketones is 3. The van der Waals surface area contributed by atoms with Crippen LogP contribution in [0.1, 0.15) is 50.2 Å². The van der Waals surface area contributed by atoms with Crippen molar-refractivity contribution in [1.82, 2.24) is 0 Å². The fourth-order valence-electron chi connectivity index (χ4n) is 5.98. The summed E-state index contributed by atoms with van der Waals surface area (Å²) in [5.74, 6) is 0.875. The summed E-state index contributed by atoms with van der Waals surface area (Å²) >= 11 is 3.38. The monoisotopic (exact) mass is 502 g/mol. The van der Waals surface area contributed by atoms with E-state index in [2.05, 4.69) is 0 Å². The normalized spacial score (nSPS) is 26.2. The van der Waals surface area contributed by atoms with E-state index < -0.39 is 17.3 Å². The molecule has 0 radical (unpaired) electrons. The Morgan fingerprint density at radius 3 is 2.00 bits per heavy atom. The van der Waals surface area contributed by atoms with Crippen LogP contribution in [0.15, 0.2) is 76.5 Å². The molecule has 2 saturated carbocycles. The number of thioether (sulfide) groups is 2. The largest absolute Gasteiger partial charge is 0.299 e. The maximum absolute atomic E-state index is 14.3. The minimum Gasteiger partial charge on any atom is -0.299 e. The molecule has 3 fully saturated rings. The number of hydrogen-bond donors (Lipinski definition) is 0. The molecule has 1 heterocycles. The summed E-state index contributed by atoms with van der Waals surface area (Å²) in [5.41, 5.74) is 0.931. The van der Waals surface area contributed by atoms with Gasteiger partial charge in [-0.25, -0.2) is 0 Å². The standard InChI is InChI=1S/C30H30O3S2/c1-29(2)18-25(32)30(26(33)19-29)22(14-13-20-9-5-3-6-10-20)27(28-34-15-16-35-28)24(31)17-23(30)21-11-7-4-8-12-21/h3-14,22-23H,15-19H2,1-2H3/b14-13+/t22-,23-/m1/s1. The van der Waals surface area contributed by atoms with Crippen molar-refractivity contribution >= 4 is 46.9 Å². The van der Waals surface area contributed by atoms with Crippen molar-refractivity contribution in [2.75, 3.05) is 11.5 Å². The van der Waals surface area contributed by atoms with Crippen molar-refractivity contribution in [2.45, 2.75) is 39.0 Å². The van der Waals surface area contributed by atoms with Crippen LogP contribution in [0.2, 0.25) is 0 Å². The zero-order valence-corrected chi connectivity index (χ0v) is 21.8. The Balaban J connectivity index is 1.75. The van der Waals surface area contributed by atoms with Gasteiger partial charge in [-0.05, 0) is 16.5 Å². The lowest BCUT2D eigenvalue weighted by Gasteiger charge is -2.51. The van der Waals surface area contributed by atoms with E-state index in [0.29, 0.717) is 18.4 Å². The van der Waals surface area contributed by atoms with Crippen molar-refractivity contribution < 1.29 is 14.4 Å². The van der Waals surface area contributed by atoms with Gasteiger partial charge < -0.3 is 0 Å². The Hall–Kier alpha value is -2.37. The third-order valence-electron chi connectivity index (χ3n) is 7.49. The van der Waals surface area contributed by atoms with Gasteiger partial charge >= 0.3 is 0 Å². The maximum atomic E-state index is 14.3. The highest BCUT2D eigenvalue weighted by Crippen LogP contribution is 2.60. The summed E-state index contributed by atoms with van der Waals surface area (Å²) in [4.78, 5) is 42.3. The second-order valence-electron chi connectivity index (χ2n) is 10.5. The number of Topliss-reactive ketones (excluding diaryl/α,β-unsaturated/α-hetero) is 3. The highest BCUT2D eigenvalue weighted by Gasteiger charge is 2.64. The van der Waals surface area contributed by atoms with E-state index in [1.807, 2.05) is 86.7 Å². The molecule has 2 aromatic rings. The Morgan fingerprint density at radius 1 is 0.829 bits per heavy atom. The molecule has 0 unspecified atom stereocenters. The summed E-state index contributed by atoms with van der Waals surface area (Å²) in [6, 6.07) is 19.6. The molecule has 2 aliphatic carbocycles. The Morgan fingerprint density at radius 2 is 1.40 bits per heavy atom. The fraction of sp³-hybridized carbons (Fsp3) is 0.367. The quantitative estimate of drug-likeness (QED) is 0.345. The average molecular weight is 503 g/mol. The molecule has 3 aliphatic rings. The molecular formula is C30H30O3S2. The SMILES string of the molecule is CC1(C)CC(=O)C2(C(=O)C1)[C@H](/C=C/c1ccccc1)C(=C1SCCS1)C(=O)C[C@@H]2c1ccccc1. The zero-order chi connectivity index (χ0) is 24.6. The van der Waals surface area contributed by atoms with E-state index in [-0.39, 0.29) is 29.2 Å². The first-order valence-corrected chi connectivity index (χ1v) is 14.2. The van der Waals surface area contributed by atoms with Crippen LogP contribution in [0.25, 0.3) is 6.08 Å². The van der Waals surface area contributed by atoms with Crippen LogP contribution < -0.4 is 0 Å². The number of allylic oxidation sites excluding steroid dienone is 2. The summed E-state index contributed by atoms with van der Waals surface area (Å²) < 4.78 is 0.994. The van der Waals surface area contributed by atoms with Crippen molar-refractivity contribution in [3.63, 3.8) is 0 Å². The lowest BCUT2D eigenvalue weighted by Crippen LogP contribution is -2.58. The highest BCUT2D eigenvalue weighted by atomic mass is 32.2. The Kier molecular flexibility index (Phi) is 6.67. The van der Waals surface area contributed by atoms with Crippen molar-refractivity contribution in [3.8, 4) is 0 Å². The molecular weight excluding hydrogens is 472 g/mol. The molecule has 0 bridgehead atoms. The van der Waals surface area contributed by atoms with Crippen LogP contribution in [0.5, 0.6) is 0 Å². The van der Waals surface area contributed by atoms with E-state index in [4.69, 9.17) is 0 Å². The van der Waals surface area contributed by atoms with Crippen LogP contribution in [-0.2, 0) is 14.4 Å². The van der Waals surface area contributed by atoms with Crippen LogP contribution >= 0.6 is 23.5 Å².